The minimum absolute atomic E-state index is 0.101. The van der Waals surface area contributed by atoms with Gasteiger partial charge in [0.2, 0.25) is 0 Å². The summed E-state index contributed by atoms with van der Waals surface area (Å²) in [5.41, 5.74) is 0.326. The van der Waals surface area contributed by atoms with Crippen molar-refractivity contribution in [3.8, 4) is 12.3 Å². The number of dihydropyridines is 1. The number of rotatable bonds is 2. The number of carbonyl (C=O) groups is 1. The molecule has 3 N–H and O–H groups in total. The van der Waals surface area contributed by atoms with Crippen LogP contribution in [0.3, 0.4) is 0 Å². The van der Waals surface area contributed by atoms with Gasteiger partial charge in [-0.05, 0) is 20.8 Å². The number of terminal acetylenes is 1. The zero-order valence-corrected chi connectivity index (χ0v) is 9.53. The monoisotopic (exact) mass is 221 g/mol. The summed E-state index contributed by atoms with van der Waals surface area (Å²) >= 11 is 0. The molecule has 16 heavy (non-hydrogen) atoms. The van der Waals surface area contributed by atoms with Crippen LogP contribution in [0.2, 0.25) is 0 Å². The second-order valence-electron chi connectivity index (χ2n) is 4.11. The van der Waals surface area contributed by atoms with E-state index in [-0.39, 0.29) is 5.57 Å². The molecule has 0 aromatic rings. The first-order valence-corrected chi connectivity index (χ1v) is 4.88. The fraction of sp³-hybridized carbons (Fsp3) is 0.417. The molecule has 0 bridgehead atoms. The number of aliphatic carboxylic acids is 1. The largest absolute Gasteiger partial charge is 0.478 e. The van der Waals surface area contributed by atoms with Gasteiger partial charge in [-0.3, -0.25) is 0 Å². The lowest BCUT2D eigenvalue weighted by atomic mass is 9.74. The van der Waals surface area contributed by atoms with Gasteiger partial charge in [-0.1, -0.05) is 12.0 Å². The summed E-state index contributed by atoms with van der Waals surface area (Å²) in [6, 6.07) is 0. The maximum Gasteiger partial charge on any atom is 0.334 e. The second kappa shape index (κ2) is 4.03. The fourth-order valence-corrected chi connectivity index (χ4v) is 2.10. The van der Waals surface area contributed by atoms with E-state index >= 15 is 0 Å². The Morgan fingerprint density at radius 3 is 2.62 bits per heavy atom. The molecule has 2 unspecified atom stereocenters. The van der Waals surface area contributed by atoms with Gasteiger partial charge in [-0.15, -0.1) is 6.42 Å². The van der Waals surface area contributed by atoms with Crippen molar-refractivity contribution in [2.45, 2.75) is 26.9 Å². The predicted octanol–water partition coefficient (Wildman–Crippen LogP) is 0.852. The van der Waals surface area contributed by atoms with Crippen LogP contribution in [0.25, 0.3) is 0 Å². The Hall–Kier alpha value is -1.73. The van der Waals surface area contributed by atoms with Crippen molar-refractivity contribution in [3.05, 3.63) is 23.0 Å². The SMILES string of the molecule is C#CC(O)C1(C)C=C(C)NC(C)=C1C(=O)O. The van der Waals surface area contributed by atoms with Crippen molar-refractivity contribution in [3.63, 3.8) is 0 Å². The van der Waals surface area contributed by atoms with Crippen LogP contribution in [0.1, 0.15) is 20.8 Å². The third-order valence-corrected chi connectivity index (χ3v) is 2.75. The van der Waals surface area contributed by atoms with E-state index < -0.39 is 17.5 Å². The van der Waals surface area contributed by atoms with E-state index in [2.05, 4.69) is 11.2 Å². The van der Waals surface area contributed by atoms with E-state index in [1.165, 1.54) is 0 Å². The quantitative estimate of drug-likeness (QED) is 0.605. The number of hydrogen-bond acceptors (Lipinski definition) is 3. The summed E-state index contributed by atoms with van der Waals surface area (Å²) in [4.78, 5) is 11.2. The molecule has 86 valence electrons. The van der Waals surface area contributed by atoms with Gasteiger partial charge in [-0.2, -0.15) is 0 Å². The maximum atomic E-state index is 11.2. The highest BCUT2D eigenvalue weighted by Gasteiger charge is 2.41. The van der Waals surface area contributed by atoms with E-state index in [1.807, 2.05) is 0 Å². The predicted molar refractivity (Wildman–Crippen MR) is 60.2 cm³/mol. The van der Waals surface area contributed by atoms with Gasteiger partial charge in [0.1, 0.15) is 6.10 Å². The molecule has 0 aromatic carbocycles. The number of aliphatic hydroxyl groups is 1. The Labute approximate surface area is 94.7 Å². The third kappa shape index (κ3) is 1.82. The van der Waals surface area contributed by atoms with Gasteiger partial charge in [0.05, 0.1) is 11.0 Å². The van der Waals surface area contributed by atoms with Crippen molar-refractivity contribution in [2.75, 3.05) is 0 Å². The molecule has 0 saturated carbocycles. The number of carboxylic acid groups (broad SMARTS) is 1. The Balaban J connectivity index is 3.37. The average Bonchev–Trinajstić information content (AvgIpc) is 2.13. The Bertz CT molecular complexity index is 428. The van der Waals surface area contributed by atoms with E-state index in [9.17, 15) is 9.90 Å². The first-order chi connectivity index (χ1) is 7.32. The molecular formula is C12H15NO3. The summed E-state index contributed by atoms with van der Waals surface area (Å²) in [6.45, 7) is 5.07. The fourth-order valence-electron chi connectivity index (χ4n) is 2.10. The van der Waals surface area contributed by atoms with E-state index in [0.29, 0.717) is 5.70 Å². The Kier molecular flexibility index (Phi) is 3.11. The summed E-state index contributed by atoms with van der Waals surface area (Å²) in [6.07, 6.45) is 5.66. The Morgan fingerprint density at radius 2 is 2.19 bits per heavy atom. The molecule has 0 saturated heterocycles. The lowest BCUT2D eigenvalue weighted by Crippen LogP contribution is -2.40. The number of allylic oxidation sites excluding steroid dienone is 2. The van der Waals surface area contributed by atoms with Crippen molar-refractivity contribution in [2.24, 2.45) is 5.41 Å². The van der Waals surface area contributed by atoms with Crippen LogP contribution < -0.4 is 5.32 Å². The molecule has 1 heterocycles. The molecule has 0 amide bonds. The van der Waals surface area contributed by atoms with Gasteiger partial charge in [0.15, 0.2) is 0 Å². The van der Waals surface area contributed by atoms with Crippen LogP contribution in [0, 0.1) is 17.8 Å². The second-order valence-corrected chi connectivity index (χ2v) is 4.11. The third-order valence-electron chi connectivity index (χ3n) is 2.75. The van der Waals surface area contributed by atoms with Crippen molar-refractivity contribution in [1.82, 2.24) is 5.32 Å². The minimum Gasteiger partial charge on any atom is -0.478 e. The molecule has 0 spiro atoms. The van der Waals surface area contributed by atoms with Gasteiger partial charge in [-0.25, -0.2) is 4.79 Å². The molecule has 2 atom stereocenters. The highest BCUT2D eigenvalue weighted by Crippen LogP contribution is 2.38. The van der Waals surface area contributed by atoms with Crippen LogP contribution in [-0.4, -0.2) is 22.3 Å². The number of hydrogen-bond donors (Lipinski definition) is 3. The molecule has 0 radical (unpaired) electrons. The topological polar surface area (TPSA) is 69.6 Å². The summed E-state index contributed by atoms with van der Waals surface area (Å²) in [5, 5.41) is 21.9. The van der Waals surface area contributed by atoms with Crippen LogP contribution in [0.15, 0.2) is 23.0 Å². The lowest BCUT2D eigenvalue weighted by molar-refractivity contribution is -0.134. The van der Waals surface area contributed by atoms with E-state index in [4.69, 9.17) is 11.5 Å². The molecule has 1 rings (SSSR count). The summed E-state index contributed by atoms with van der Waals surface area (Å²) in [5.74, 6) is 1.11. The summed E-state index contributed by atoms with van der Waals surface area (Å²) < 4.78 is 0. The van der Waals surface area contributed by atoms with Crippen LogP contribution in [0.4, 0.5) is 0 Å². The van der Waals surface area contributed by atoms with Crippen LogP contribution in [-0.2, 0) is 4.79 Å². The zero-order chi connectivity index (χ0) is 12.5. The maximum absolute atomic E-state index is 11.2. The van der Waals surface area contributed by atoms with E-state index in [0.717, 1.165) is 5.70 Å². The van der Waals surface area contributed by atoms with Gasteiger partial charge in [0.25, 0.3) is 0 Å². The van der Waals surface area contributed by atoms with Crippen molar-refractivity contribution >= 4 is 5.97 Å². The van der Waals surface area contributed by atoms with Crippen LogP contribution in [0.5, 0.6) is 0 Å². The zero-order valence-electron chi connectivity index (χ0n) is 9.53. The van der Waals surface area contributed by atoms with Gasteiger partial charge in [0, 0.05) is 11.4 Å². The molecule has 0 fully saturated rings. The average molecular weight is 221 g/mol. The highest BCUT2D eigenvalue weighted by molar-refractivity contribution is 5.90. The molecule has 1 aliphatic heterocycles. The summed E-state index contributed by atoms with van der Waals surface area (Å²) in [7, 11) is 0. The van der Waals surface area contributed by atoms with Crippen molar-refractivity contribution in [1.29, 1.82) is 0 Å². The first-order valence-electron chi connectivity index (χ1n) is 4.88. The van der Waals surface area contributed by atoms with Gasteiger partial charge >= 0.3 is 5.97 Å². The van der Waals surface area contributed by atoms with Gasteiger partial charge < -0.3 is 15.5 Å². The number of nitrogens with one attached hydrogen (secondary N) is 1. The highest BCUT2D eigenvalue weighted by atomic mass is 16.4. The molecule has 1 aliphatic rings. The number of carboxylic acids is 1. The standard InChI is InChI=1S/C12H15NO3/c1-5-9(14)12(4)6-7(2)13-8(3)10(12)11(15)16/h1,6,9,13-14H,2-4H3,(H,15,16). The number of aliphatic hydroxyl groups excluding tert-OH is 1. The molecule has 0 aromatic heterocycles. The van der Waals surface area contributed by atoms with Crippen LogP contribution >= 0.6 is 0 Å². The molecule has 4 nitrogen and oxygen atoms in total. The molecular weight excluding hydrogens is 206 g/mol. The van der Waals surface area contributed by atoms with Crippen molar-refractivity contribution < 1.29 is 15.0 Å². The molecule has 4 heteroatoms. The first kappa shape index (κ1) is 12.3. The Morgan fingerprint density at radius 1 is 1.62 bits per heavy atom. The normalized spacial score (nSPS) is 26.6. The smallest absolute Gasteiger partial charge is 0.334 e. The minimum atomic E-state index is -1.16. The lowest BCUT2D eigenvalue weighted by Gasteiger charge is -2.35. The van der Waals surface area contributed by atoms with E-state index in [1.54, 1.807) is 26.8 Å². The molecule has 0 aliphatic carbocycles.